The molecular formula is C20H19NO3. The van der Waals surface area contributed by atoms with Crippen molar-refractivity contribution in [3.8, 4) is 22.6 Å². The van der Waals surface area contributed by atoms with Crippen LogP contribution in [0.2, 0.25) is 0 Å². The smallest absolute Gasteiger partial charge is 0.337 e. The van der Waals surface area contributed by atoms with E-state index in [4.69, 9.17) is 4.74 Å². The lowest BCUT2D eigenvalue weighted by Crippen LogP contribution is -2.04. The van der Waals surface area contributed by atoms with E-state index < -0.39 is 5.97 Å². The minimum atomic E-state index is -0.906. The van der Waals surface area contributed by atoms with E-state index in [9.17, 15) is 9.90 Å². The Balaban J connectivity index is 2.18. The molecule has 0 aliphatic carbocycles. The standard InChI is InChI=1S/C20H19NO3/c1-13-12-18(20(22)23)14(2)21(13)19-7-5-4-6-17(19)15-8-10-16(24-3)11-9-15/h4-12H,1-3H3,(H,22,23). The number of benzene rings is 2. The number of methoxy groups -OCH3 is 1. The molecule has 1 heterocycles. The lowest BCUT2D eigenvalue weighted by atomic mass is 10.0. The number of aromatic carboxylic acids is 1. The highest BCUT2D eigenvalue weighted by Gasteiger charge is 2.17. The summed E-state index contributed by atoms with van der Waals surface area (Å²) in [5.74, 6) is -0.103. The number of nitrogens with zero attached hydrogens (tertiary/aromatic N) is 1. The van der Waals surface area contributed by atoms with Crippen LogP contribution in [0.3, 0.4) is 0 Å². The third-order valence-corrected chi connectivity index (χ3v) is 4.21. The van der Waals surface area contributed by atoms with Gasteiger partial charge in [-0.3, -0.25) is 0 Å². The van der Waals surface area contributed by atoms with Gasteiger partial charge < -0.3 is 14.4 Å². The molecule has 4 nitrogen and oxygen atoms in total. The Bertz CT molecular complexity index is 892. The summed E-state index contributed by atoms with van der Waals surface area (Å²) in [5, 5.41) is 9.37. The molecule has 3 rings (SSSR count). The quantitative estimate of drug-likeness (QED) is 0.771. The third-order valence-electron chi connectivity index (χ3n) is 4.21. The molecule has 0 aliphatic rings. The molecule has 0 unspecified atom stereocenters. The SMILES string of the molecule is COc1ccc(-c2ccccc2-n2c(C)cc(C(=O)O)c2C)cc1. The van der Waals surface area contributed by atoms with E-state index in [-0.39, 0.29) is 0 Å². The molecule has 122 valence electrons. The van der Waals surface area contributed by atoms with Gasteiger partial charge in [0.05, 0.1) is 18.4 Å². The molecule has 0 radical (unpaired) electrons. The fraction of sp³-hybridized carbons (Fsp3) is 0.150. The second kappa shape index (κ2) is 6.24. The minimum Gasteiger partial charge on any atom is -0.497 e. The molecule has 0 spiro atoms. The van der Waals surface area contributed by atoms with Gasteiger partial charge in [-0.2, -0.15) is 0 Å². The zero-order valence-electron chi connectivity index (χ0n) is 13.9. The van der Waals surface area contributed by atoms with E-state index in [0.29, 0.717) is 5.56 Å². The molecule has 0 aliphatic heterocycles. The van der Waals surface area contributed by atoms with Gasteiger partial charge in [0, 0.05) is 17.0 Å². The summed E-state index contributed by atoms with van der Waals surface area (Å²) < 4.78 is 7.21. The third kappa shape index (κ3) is 2.67. The van der Waals surface area contributed by atoms with Gasteiger partial charge in [0.2, 0.25) is 0 Å². The summed E-state index contributed by atoms with van der Waals surface area (Å²) in [4.78, 5) is 11.4. The first-order chi connectivity index (χ1) is 11.5. The average Bonchev–Trinajstić information content (AvgIpc) is 2.90. The van der Waals surface area contributed by atoms with Crippen molar-refractivity contribution in [3.05, 3.63) is 71.5 Å². The zero-order chi connectivity index (χ0) is 17.3. The molecule has 2 aromatic carbocycles. The van der Waals surface area contributed by atoms with Gasteiger partial charge in [-0.1, -0.05) is 30.3 Å². The molecule has 0 atom stereocenters. The van der Waals surface area contributed by atoms with Crippen LogP contribution in [0.4, 0.5) is 0 Å². The predicted octanol–water partition coefficient (Wildman–Crippen LogP) is 4.47. The molecule has 0 saturated heterocycles. The van der Waals surface area contributed by atoms with E-state index >= 15 is 0 Å². The number of hydrogen-bond donors (Lipinski definition) is 1. The highest BCUT2D eigenvalue weighted by Crippen LogP contribution is 2.31. The number of para-hydroxylation sites is 1. The molecule has 0 fully saturated rings. The molecule has 0 amide bonds. The van der Waals surface area contributed by atoms with Gasteiger partial charge in [0.25, 0.3) is 0 Å². The predicted molar refractivity (Wildman–Crippen MR) is 94.2 cm³/mol. The van der Waals surface area contributed by atoms with Crippen LogP contribution in [0.25, 0.3) is 16.8 Å². The summed E-state index contributed by atoms with van der Waals surface area (Å²) in [5.41, 5.74) is 5.00. The zero-order valence-corrected chi connectivity index (χ0v) is 13.9. The van der Waals surface area contributed by atoms with Crippen LogP contribution >= 0.6 is 0 Å². The van der Waals surface area contributed by atoms with Crippen LogP contribution in [-0.4, -0.2) is 22.8 Å². The summed E-state index contributed by atoms with van der Waals surface area (Å²) >= 11 is 0. The number of carboxylic acid groups (broad SMARTS) is 1. The van der Waals surface area contributed by atoms with Crippen molar-refractivity contribution in [2.24, 2.45) is 0 Å². The molecule has 3 aromatic rings. The van der Waals surface area contributed by atoms with E-state index in [1.165, 1.54) is 0 Å². The maximum absolute atomic E-state index is 11.4. The maximum Gasteiger partial charge on any atom is 0.337 e. The van der Waals surface area contributed by atoms with Crippen molar-refractivity contribution >= 4 is 5.97 Å². The van der Waals surface area contributed by atoms with Crippen LogP contribution in [0, 0.1) is 13.8 Å². The number of carboxylic acids is 1. The number of hydrogen-bond acceptors (Lipinski definition) is 2. The Labute approximate surface area is 140 Å². The molecule has 4 heteroatoms. The first-order valence-electron chi connectivity index (χ1n) is 7.69. The van der Waals surface area contributed by atoms with Gasteiger partial charge in [-0.05, 0) is 43.7 Å². The van der Waals surface area contributed by atoms with Crippen molar-refractivity contribution < 1.29 is 14.6 Å². The van der Waals surface area contributed by atoms with E-state index in [1.54, 1.807) is 13.2 Å². The number of rotatable bonds is 4. The number of aryl methyl sites for hydroxylation is 1. The largest absolute Gasteiger partial charge is 0.497 e. The summed E-state index contributed by atoms with van der Waals surface area (Å²) in [7, 11) is 1.64. The van der Waals surface area contributed by atoms with Crippen molar-refractivity contribution in [2.45, 2.75) is 13.8 Å². The van der Waals surface area contributed by atoms with Gasteiger partial charge in [-0.15, -0.1) is 0 Å². The highest BCUT2D eigenvalue weighted by atomic mass is 16.5. The summed E-state index contributed by atoms with van der Waals surface area (Å²) in [6.07, 6.45) is 0. The fourth-order valence-corrected chi connectivity index (χ4v) is 3.03. The van der Waals surface area contributed by atoms with Crippen LogP contribution in [0.15, 0.2) is 54.6 Å². The average molecular weight is 321 g/mol. The summed E-state index contributed by atoms with van der Waals surface area (Å²) in [6, 6.07) is 17.5. The Morgan fingerprint density at radius 1 is 1.04 bits per heavy atom. The monoisotopic (exact) mass is 321 g/mol. The molecule has 0 bridgehead atoms. The van der Waals surface area contributed by atoms with Crippen LogP contribution in [0.5, 0.6) is 5.75 Å². The second-order valence-corrected chi connectivity index (χ2v) is 5.67. The maximum atomic E-state index is 11.4. The lowest BCUT2D eigenvalue weighted by molar-refractivity contribution is 0.0696. The van der Waals surface area contributed by atoms with Crippen molar-refractivity contribution in [2.75, 3.05) is 7.11 Å². The first kappa shape index (κ1) is 15.9. The number of aromatic nitrogens is 1. The Morgan fingerprint density at radius 2 is 1.71 bits per heavy atom. The van der Waals surface area contributed by atoms with Crippen LogP contribution in [0.1, 0.15) is 21.7 Å². The number of ether oxygens (including phenoxy) is 1. The van der Waals surface area contributed by atoms with Crippen molar-refractivity contribution in [1.82, 2.24) is 4.57 Å². The topological polar surface area (TPSA) is 51.5 Å². The van der Waals surface area contributed by atoms with Gasteiger partial charge in [-0.25, -0.2) is 4.79 Å². The lowest BCUT2D eigenvalue weighted by Gasteiger charge is -2.15. The van der Waals surface area contributed by atoms with Crippen molar-refractivity contribution in [1.29, 1.82) is 0 Å². The molecule has 1 aromatic heterocycles. The van der Waals surface area contributed by atoms with Gasteiger partial charge in [0.15, 0.2) is 0 Å². The normalized spacial score (nSPS) is 10.6. The Kier molecular flexibility index (Phi) is 4.13. The molecule has 1 N–H and O–H groups in total. The first-order valence-corrected chi connectivity index (χ1v) is 7.69. The minimum absolute atomic E-state index is 0.331. The Morgan fingerprint density at radius 3 is 2.29 bits per heavy atom. The number of carbonyl (C=O) groups is 1. The van der Waals surface area contributed by atoms with Crippen LogP contribution < -0.4 is 4.74 Å². The van der Waals surface area contributed by atoms with Crippen molar-refractivity contribution in [3.63, 3.8) is 0 Å². The van der Waals surface area contributed by atoms with E-state index in [0.717, 1.165) is 34.0 Å². The van der Waals surface area contributed by atoms with E-state index in [2.05, 4.69) is 0 Å². The van der Waals surface area contributed by atoms with Gasteiger partial charge >= 0.3 is 5.97 Å². The second-order valence-electron chi connectivity index (χ2n) is 5.67. The van der Waals surface area contributed by atoms with Crippen LogP contribution in [-0.2, 0) is 0 Å². The summed E-state index contributed by atoms with van der Waals surface area (Å²) in [6.45, 7) is 3.76. The molecule has 24 heavy (non-hydrogen) atoms. The Hall–Kier alpha value is -3.01. The molecular weight excluding hydrogens is 302 g/mol. The molecule has 0 saturated carbocycles. The van der Waals surface area contributed by atoms with E-state index in [1.807, 2.05) is 66.9 Å². The highest BCUT2D eigenvalue weighted by molar-refractivity contribution is 5.90. The van der Waals surface area contributed by atoms with Gasteiger partial charge in [0.1, 0.15) is 5.75 Å². The fourth-order valence-electron chi connectivity index (χ4n) is 3.03.